The van der Waals surface area contributed by atoms with Crippen LogP contribution in [-0.2, 0) is 4.79 Å². The predicted molar refractivity (Wildman–Crippen MR) is 78.3 cm³/mol. The number of aromatic nitrogens is 1. The zero-order valence-electron chi connectivity index (χ0n) is 11.0. The molecular formula is C11H20Cl2N4O2. The van der Waals surface area contributed by atoms with Crippen molar-refractivity contribution < 1.29 is 9.32 Å². The number of rotatable bonds is 3. The van der Waals surface area contributed by atoms with Crippen LogP contribution in [0.25, 0.3) is 0 Å². The van der Waals surface area contributed by atoms with Gasteiger partial charge in [-0.05, 0) is 13.8 Å². The van der Waals surface area contributed by atoms with Crippen LogP contribution < -0.4 is 10.6 Å². The summed E-state index contributed by atoms with van der Waals surface area (Å²) in [5.41, 5.74) is 0.759. The largest absolute Gasteiger partial charge is 0.338 e. The number of hydrogen-bond donors (Lipinski definition) is 2. The molecule has 1 aromatic heterocycles. The van der Waals surface area contributed by atoms with Gasteiger partial charge in [-0.2, -0.15) is 0 Å². The zero-order valence-corrected chi connectivity index (χ0v) is 12.6. The molecule has 0 aromatic carbocycles. The van der Waals surface area contributed by atoms with Gasteiger partial charge >= 0.3 is 0 Å². The Morgan fingerprint density at radius 3 is 2.63 bits per heavy atom. The molecule has 0 radical (unpaired) electrons. The molecule has 1 saturated heterocycles. The summed E-state index contributed by atoms with van der Waals surface area (Å²) in [5, 5.41) is 9.72. The van der Waals surface area contributed by atoms with Crippen molar-refractivity contribution in [1.82, 2.24) is 15.4 Å². The number of anilines is 1. The molecule has 1 unspecified atom stereocenters. The summed E-state index contributed by atoms with van der Waals surface area (Å²) < 4.78 is 4.96. The Bertz CT molecular complexity index is 394. The summed E-state index contributed by atoms with van der Waals surface area (Å²) in [5.74, 6) is 0.359. The van der Waals surface area contributed by atoms with E-state index in [9.17, 15) is 4.79 Å². The van der Waals surface area contributed by atoms with Crippen molar-refractivity contribution in [3.05, 3.63) is 11.8 Å². The van der Waals surface area contributed by atoms with E-state index in [1.54, 1.807) is 6.07 Å². The Kier molecular flexibility index (Phi) is 8.01. The van der Waals surface area contributed by atoms with Crippen LogP contribution in [-0.4, -0.2) is 48.2 Å². The lowest BCUT2D eigenvalue weighted by Crippen LogP contribution is -2.51. The van der Waals surface area contributed by atoms with Gasteiger partial charge in [0.2, 0.25) is 11.8 Å². The number of nitrogens with zero attached hydrogens (tertiary/aromatic N) is 2. The molecule has 0 spiro atoms. The number of nitrogens with one attached hydrogen (secondary N) is 2. The molecule has 1 aromatic rings. The van der Waals surface area contributed by atoms with Gasteiger partial charge in [0.05, 0.1) is 11.7 Å². The smallest absolute Gasteiger partial charge is 0.243 e. The summed E-state index contributed by atoms with van der Waals surface area (Å²) in [6.45, 7) is 7.37. The Morgan fingerprint density at radius 1 is 1.47 bits per heavy atom. The van der Waals surface area contributed by atoms with Crippen LogP contribution in [0.1, 0.15) is 12.6 Å². The highest BCUT2D eigenvalue weighted by molar-refractivity contribution is 5.93. The summed E-state index contributed by atoms with van der Waals surface area (Å²) in [6, 6.07) is 1.56. The van der Waals surface area contributed by atoms with Gasteiger partial charge in [0.1, 0.15) is 0 Å². The van der Waals surface area contributed by atoms with Crippen LogP contribution in [0.5, 0.6) is 0 Å². The number of halogens is 2. The standard InChI is InChI=1S/C11H18N4O2.2ClH/c1-8-7-10(17-14-8)13-11(16)9(2)15-5-3-12-4-6-15;;/h7,9,12H,3-6H2,1-2H3,(H,13,16);2*1H. The molecule has 2 rings (SSSR count). The maximum absolute atomic E-state index is 12.0. The van der Waals surface area contributed by atoms with Crippen LogP contribution in [0.3, 0.4) is 0 Å². The van der Waals surface area contributed by atoms with Gasteiger partial charge < -0.3 is 9.84 Å². The molecule has 1 aliphatic rings. The van der Waals surface area contributed by atoms with Crippen LogP contribution in [0, 0.1) is 6.92 Å². The molecule has 110 valence electrons. The van der Waals surface area contributed by atoms with Gasteiger partial charge in [0.15, 0.2) is 0 Å². The van der Waals surface area contributed by atoms with Crippen molar-refractivity contribution in [2.24, 2.45) is 0 Å². The maximum atomic E-state index is 12.0. The van der Waals surface area contributed by atoms with E-state index in [0.717, 1.165) is 31.9 Å². The second-order valence-corrected chi connectivity index (χ2v) is 4.28. The van der Waals surface area contributed by atoms with E-state index in [1.807, 2.05) is 13.8 Å². The van der Waals surface area contributed by atoms with E-state index in [-0.39, 0.29) is 36.8 Å². The van der Waals surface area contributed by atoms with Gasteiger partial charge in [-0.3, -0.25) is 15.0 Å². The number of carbonyl (C=O) groups is 1. The first-order valence-electron chi connectivity index (χ1n) is 5.86. The SMILES string of the molecule is Cc1cc(NC(=O)C(C)N2CCNCC2)on1.Cl.Cl. The molecule has 6 nitrogen and oxygen atoms in total. The Hall–Kier alpha value is -0.820. The third-order valence-electron chi connectivity index (χ3n) is 2.95. The normalized spacial score (nSPS) is 16.9. The maximum Gasteiger partial charge on any atom is 0.243 e. The number of amides is 1. The van der Waals surface area contributed by atoms with E-state index in [0.29, 0.717) is 5.88 Å². The fourth-order valence-corrected chi connectivity index (χ4v) is 1.88. The summed E-state index contributed by atoms with van der Waals surface area (Å²) in [7, 11) is 0. The van der Waals surface area contributed by atoms with Crippen LogP contribution in [0.15, 0.2) is 10.6 Å². The first-order valence-corrected chi connectivity index (χ1v) is 5.86. The van der Waals surface area contributed by atoms with Crippen molar-refractivity contribution in [3.63, 3.8) is 0 Å². The fourth-order valence-electron chi connectivity index (χ4n) is 1.88. The molecule has 0 bridgehead atoms. The summed E-state index contributed by atoms with van der Waals surface area (Å²) >= 11 is 0. The molecule has 2 N–H and O–H groups in total. The van der Waals surface area contributed by atoms with E-state index in [1.165, 1.54) is 0 Å². The lowest BCUT2D eigenvalue weighted by atomic mass is 10.2. The van der Waals surface area contributed by atoms with E-state index >= 15 is 0 Å². The predicted octanol–water partition coefficient (Wildman–Crippen LogP) is 1.06. The van der Waals surface area contributed by atoms with E-state index in [4.69, 9.17) is 4.52 Å². The molecule has 19 heavy (non-hydrogen) atoms. The molecular weight excluding hydrogens is 291 g/mol. The number of aryl methyl sites for hydroxylation is 1. The molecule has 1 amide bonds. The van der Waals surface area contributed by atoms with Gasteiger partial charge in [0, 0.05) is 32.2 Å². The Balaban J connectivity index is 0.00000162. The average molecular weight is 311 g/mol. The first kappa shape index (κ1) is 18.2. The summed E-state index contributed by atoms with van der Waals surface area (Å²) in [6.07, 6.45) is 0. The minimum absolute atomic E-state index is 0. The minimum Gasteiger partial charge on any atom is -0.338 e. The quantitative estimate of drug-likeness (QED) is 0.873. The lowest BCUT2D eigenvalue weighted by Gasteiger charge is -2.31. The third kappa shape index (κ3) is 4.99. The number of piperazine rings is 1. The second-order valence-electron chi connectivity index (χ2n) is 4.28. The first-order chi connectivity index (χ1) is 8.16. The molecule has 0 saturated carbocycles. The average Bonchev–Trinajstić information content (AvgIpc) is 2.75. The highest BCUT2D eigenvalue weighted by atomic mass is 35.5. The van der Waals surface area contributed by atoms with Gasteiger partial charge in [-0.25, -0.2) is 0 Å². The van der Waals surface area contributed by atoms with Crippen LogP contribution >= 0.6 is 24.8 Å². The fraction of sp³-hybridized carbons (Fsp3) is 0.636. The second kappa shape index (κ2) is 8.37. The van der Waals surface area contributed by atoms with Gasteiger partial charge in [0.25, 0.3) is 0 Å². The highest BCUT2D eigenvalue weighted by Gasteiger charge is 2.23. The number of hydrogen-bond acceptors (Lipinski definition) is 5. The monoisotopic (exact) mass is 310 g/mol. The zero-order chi connectivity index (χ0) is 12.3. The number of carbonyl (C=O) groups excluding carboxylic acids is 1. The minimum atomic E-state index is -0.150. The molecule has 2 heterocycles. The lowest BCUT2D eigenvalue weighted by molar-refractivity contribution is -0.121. The van der Waals surface area contributed by atoms with Crippen LogP contribution in [0.4, 0.5) is 5.88 Å². The Labute approximate surface area is 125 Å². The van der Waals surface area contributed by atoms with E-state index in [2.05, 4.69) is 20.7 Å². The van der Waals surface area contributed by atoms with Crippen molar-refractivity contribution >= 4 is 36.6 Å². The molecule has 1 aliphatic heterocycles. The summed E-state index contributed by atoms with van der Waals surface area (Å²) in [4.78, 5) is 14.1. The molecule has 1 fully saturated rings. The van der Waals surface area contributed by atoms with Gasteiger partial charge in [-0.1, -0.05) is 5.16 Å². The van der Waals surface area contributed by atoms with Crippen molar-refractivity contribution in [2.75, 3.05) is 31.5 Å². The van der Waals surface area contributed by atoms with Gasteiger partial charge in [-0.15, -0.1) is 24.8 Å². The molecule has 8 heteroatoms. The topological polar surface area (TPSA) is 70.4 Å². The van der Waals surface area contributed by atoms with Crippen molar-refractivity contribution in [1.29, 1.82) is 0 Å². The molecule has 1 atom stereocenters. The molecule has 0 aliphatic carbocycles. The third-order valence-corrected chi connectivity index (χ3v) is 2.95. The van der Waals surface area contributed by atoms with Crippen molar-refractivity contribution in [2.45, 2.75) is 19.9 Å². The Morgan fingerprint density at radius 2 is 2.11 bits per heavy atom. The van der Waals surface area contributed by atoms with Crippen LogP contribution in [0.2, 0.25) is 0 Å². The van der Waals surface area contributed by atoms with Crippen molar-refractivity contribution in [3.8, 4) is 0 Å². The highest BCUT2D eigenvalue weighted by Crippen LogP contribution is 2.10. The van der Waals surface area contributed by atoms with E-state index < -0.39 is 0 Å².